The Labute approximate surface area is 230 Å². The van der Waals surface area contributed by atoms with Crippen LogP contribution >= 0.6 is 11.6 Å². The number of nitrogens with one attached hydrogen (secondary N) is 1. The molecular weight excluding hydrogens is 530 g/mol. The third-order valence-electron chi connectivity index (χ3n) is 6.40. The van der Waals surface area contributed by atoms with E-state index in [-0.39, 0.29) is 43.8 Å². The summed E-state index contributed by atoms with van der Waals surface area (Å²) in [4.78, 5) is 27.8. The van der Waals surface area contributed by atoms with Crippen molar-refractivity contribution in [2.75, 3.05) is 30.3 Å². The van der Waals surface area contributed by atoms with E-state index >= 15 is 0 Å². The van der Waals surface area contributed by atoms with Crippen molar-refractivity contribution in [2.45, 2.75) is 58.7 Å². The zero-order valence-corrected chi connectivity index (χ0v) is 23.8. The fourth-order valence-electron chi connectivity index (χ4n) is 4.03. The molecule has 1 aliphatic heterocycles. The Morgan fingerprint density at radius 1 is 1.05 bits per heavy atom. The summed E-state index contributed by atoms with van der Waals surface area (Å²) in [5.74, 6) is 0.554. The number of benzene rings is 2. The molecule has 2 atom stereocenters. The molecule has 1 aliphatic rings. The lowest BCUT2D eigenvalue weighted by Crippen LogP contribution is -2.49. The van der Waals surface area contributed by atoms with Gasteiger partial charge in [0.2, 0.25) is 21.8 Å². The number of amides is 2. The zero-order valence-electron chi connectivity index (χ0n) is 22.3. The molecule has 38 heavy (non-hydrogen) atoms. The minimum Gasteiger partial charge on any atom is -0.486 e. The lowest BCUT2D eigenvalue weighted by atomic mass is 10.1. The normalized spacial score (nSPS) is 14.3. The SMILES string of the molecule is CCC(C)NC(=O)C(C)N(Cc1ccc(Cl)cc1)C(=O)CCCN(c1ccc2c(c1)OCCO2)S(C)(=O)=O. The molecule has 2 unspecified atom stereocenters. The van der Waals surface area contributed by atoms with E-state index in [0.29, 0.717) is 35.4 Å². The van der Waals surface area contributed by atoms with Crippen LogP contribution in [0.1, 0.15) is 45.6 Å². The summed E-state index contributed by atoms with van der Waals surface area (Å²) >= 11 is 6.01. The standard InChI is InChI=1S/C27H36ClN3O6S/c1-5-19(2)29-27(33)20(3)30(18-21-8-10-22(28)11-9-21)26(32)7-6-14-31(38(4,34)35)23-12-13-24-25(17-23)37-16-15-36-24/h8-13,17,19-20H,5-7,14-16,18H2,1-4H3,(H,29,33). The fourth-order valence-corrected chi connectivity index (χ4v) is 5.11. The van der Waals surface area contributed by atoms with Gasteiger partial charge in [0.1, 0.15) is 19.3 Å². The first-order valence-electron chi connectivity index (χ1n) is 12.7. The lowest BCUT2D eigenvalue weighted by molar-refractivity contribution is -0.140. The van der Waals surface area contributed by atoms with Crippen molar-refractivity contribution in [1.29, 1.82) is 0 Å². The number of hydrogen-bond acceptors (Lipinski definition) is 6. The van der Waals surface area contributed by atoms with Crippen molar-refractivity contribution in [3.63, 3.8) is 0 Å². The summed E-state index contributed by atoms with van der Waals surface area (Å²) in [6.45, 7) is 6.72. The van der Waals surface area contributed by atoms with Gasteiger partial charge in [0.05, 0.1) is 11.9 Å². The van der Waals surface area contributed by atoms with Gasteiger partial charge in [-0.3, -0.25) is 13.9 Å². The van der Waals surface area contributed by atoms with E-state index in [4.69, 9.17) is 21.1 Å². The molecule has 0 radical (unpaired) electrons. The highest BCUT2D eigenvalue weighted by molar-refractivity contribution is 7.92. The first-order valence-corrected chi connectivity index (χ1v) is 14.9. The molecule has 0 saturated heterocycles. The Bertz CT molecular complexity index is 1220. The maximum absolute atomic E-state index is 13.4. The van der Waals surface area contributed by atoms with Crippen LogP contribution in [0.4, 0.5) is 5.69 Å². The monoisotopic (exact) mass is 565 g/mol. The number of halogens is 1. The number of sulfonamides is 1. The van der Waals surface area contributed by atoms with E-state index in [9.17, 15) is 18.0 Å². The molecule has 11 heteroatoms. The average molecular weight is 566 g/mol. The van der Waals surface area contributed by atoms with Gasteiger partial charge >= 0.3 is 0 Å². The highest BCUT2D eigenvalue weighted by Gasteiger charge is 2.27. The van der Waals surface area contributed by atoms with Gasteiger partial charge in [0.15, 0.2) is 11.5 Å². The molecule has 0 bridgehead atoms. The van der Waals surface area contributed by atoms with E-state index in [1.165, 1.54) is 9.21 Å². The predicted octanol–water partition coefficient (Wildman–Crippen LogP) is 3.99. The van der Waals surface area contributed by atoms with Gasteiger partial charge in [-0.15, -0.1) is 0 Å². The van der Waals surface area contributed by atoms with Gasteiger partial charge in [0.25, 0.3) is 0 Å². The molecular formula is C27H36ClN3O6S. The number of rotatable bonds is 12. The third-order valence-corrected chi connectivity index (χ3v) is 7.85. The third kappa shape index (κ3) is 8.01. The summed E-state index contributed by atoms with van der Waals surface area (Å²) in [5, 5.41) is 3.51. The molecule has 0 saturated carbocycles. The van der Waals surface area contributed by atoms with Crippen molar-refractivity contribution in [1.82, 2.24) is 10.2 Å². The second-order valence-electron chi connectivity index (χ2n) is 9.41. The molecule has 0 spiro atoms. The number of hydrogen-bond donors (Lipinski definition) is 1. The molecule has 1 heterocycles. The molecule has 2 amide bonds. The highest BCUT2D eigenvalue weighted by Crippen LogP contribution is 2.34. The van der Waals surface area contributed by atoms with E-state index in [0.717, 1.165) is 18.2 Å². The molecule has 0 aliphatic carbocycles. The van der Waals surface area contributed by atoms with Crippen molar-refractivity contribution in [3.8, 4) is 11.5 Å². The predicted molar refractivity (Wildman–Crippen MR) is 148 cm³/mol. The van der Waals surface area contributed by atoms with Gasteiger partial charge in [-0.25, -0.2) is 8.42 Å². The Balaban J connectivity index is 1.73. The average Bonchev–Trinajstić information content (AvgIpc) is 2.89. The zero-order chi connectivity index (χ0) is 27.9. The Kier molecular flexibility index (Phi) is 10.3. The number of ether oxygens (including phenoxy) is 2. The number of carbonyl (C=O) groups excluding carboxylic acids is 2. The van der Waals surface area contributed by atoms with Crippen LogP contribution in [0.25, 0.3) is 0 Å². The van der Waals surface area contributed by atoms with E-state index in [2.05, 4.69) is 5.32 Å². The molecule has 9 nitrogen and oxygen atoms in total. The summed E-state index contributed by atoms with van der Waals surface area (Å²) in [6, 6.07) is 11.3. The lowest BCUT2D eigenvalue weighted by Gasteiger charge is -2.30. The highest BCUT2D eigenvalue weighted by atomic mass is 35.5. The van der Waals surface area contributed by atoms with Crippen LogP contribution < -0.4 is 19.1 Å². The fraction of sp³-hybridized carbons (Fsp3) is 0.481. The van der Waals surface area contributed by atoms with Crippen molar-refractivity contribution in [2.24, 2.45) is 0 Å². The van der Waals surface area contributed by atoms with E-state index in [1.54, 1.807) is 37.3 Å². The van der Waals surface area contributed by atoms with Gasteiger partial charge in [-0.05, 0) is 56.5 Å². The van der Waals surface area contributed by atoms with Gasteiger partial charge in [-0.1, -0.05) is 30.7 Å². The van der Waals surface area contributed by atoms with Gasteiger partial charge < -0.3 is 19.7 Å². The molecule has 3 rings (SSSR count). The maximum Gasteiger partial charge on any atom is 0.242 e. The van der Waals surface area contributed by atoms with Crippen LogP contribution in [0.5, 0.6) is 11.5 Å². The second kappa shape index (κ2) is 13.2. The Morgan fingerprint density at radius 2 is 1.71 bits per heavy atom. The van der Waals surface area contributed by atoms with Crippen molar-refractivity contribution < 1.29 is 27.5 Å². The summed E-state index contributed by atoms with van der Waals surface area (Å²) in [7, 11) is -3.63. The van der Waals surface area contributed by atoms with Gasteiger partial charge in [0, 0.05) is 36.6 Å². The van der Waals surface area contributed by atoms with Crippen LogP contribution in [-0.2, 0) is 26.2 Å². The molecule has 208 valence electrons. The number of carbonyl (C=O) groups is 2. The first kappa shape index (κ1) is 29.6. The van der Waals surface area contributed by atoms with E-state index < -0.39 is 16.1 Å². The number of anilines is 1. The van der Waals surface area contributed by atoms with Crippen molar-refractivity contribution in [3.05, 3.63) is 53.1 Å². The summed E-state index contributed by atoms with van der Waals surface area (Å²) < 4.78 is 37.6. The Morgan fingerprint density at radius 3 is 2.34 bits per heavy atom. The van der Waals surface area contributed by atoms with Crippen LogP contribution in [0.2, 0.25) is 5.02 Å². The summed E-state index contributed by atoms with van der Waals surface area (Å²) in [5.41, 5.74) is 1.27. The smallest absolute Gasteiger partial charge is 0.242 e. The maximum atomic E-state index is 13.4. The number of fused-ring (bicyclic) bond motifs is 1. The minimum atomic E-state index is -3.63. The quantitative estimate of drug-likeness (QED) is 0.417. The molecule has 2 aromatic carbocycles. The van der Waals surface area contributed by atoms with Crippen LogP contribution in [0.15, 0.2) is 42.5 Å². The molecule has 0 fully saturated rings. The van der Waals surface area contributed by atoms with E-state index in [1.807, 2.05) is 26.0 Å². The second-order valence-corrected chi connectivity index (χ2v) is 11.8. The van der Waals surface area contributed by atoms with Crippen LogP contribution in [0, 0.1) is 0 Å². The minimum absolute atomic E-state index is 0.0215. The van der Waals surface area contributed by atoms with Crippen molar-refractivity contribution >= 4 is 39.1 Å². The topological polar surface area (TPSA) is 105 Å². The molecule has 1 N–H and O–H groups in total. The molecule has 2 aromatic rings. The van der Waals surface area contributed by atoms with Crippen LogP contribution in [-0.4, -0.2) is 63.2 Å². The van der Waals surface area contributed by atoms with Crippen LogP contribution in [0.3, 0.4) is 0 Å². The number of nitrogens with zero attached hydrogens (tertiary/aromatic N) is 2. The van der Waals surface area contributed by atoms with Gasteiger partial charge in [-0.2, -0.15) is 0 Å². The molecule has 0 aromatic heterocycles. The summed E-state index contributed by atoms with van der Waals surface area (Å²) in [6.07, 6.45) is 2.22. The first-order chi connectivity index (χ1) is 18.0. The Hall–Kier alpha value is -2.98. The largest absolute Gasteiger partial charge is 0.486 e.